The van der Waals surface area contributed by atoms with Crippen LogP contribution >= 0.6 is 11.6 Å². The number of likely N-dealkylation sites (tertiary alicyclic amines) is 1. The van der Waals surface area contributed by atoms with Crippen LogP contribution in [0.15, 0.2) is 36.4 Å². The van der Waals surface area contributed by atoms with E-state index in [9.17, 15) is 5.11 Å². The van der Waals surface area contributed by atoms with Gasteiger partial charge in [0, 0.05) is 6.54 Å². The molecule has 5 nitrogen and oxygen atoms in total. The van der Waals surface area contributed by atoms with E-state index < -0.39 is 0 Å². The minimum Gasteiger partial charge on any atom is -0.506 e. The summed E-state index contributed by atoms with van der Waals surface area (Å²) in [5.74, 6) is 1.00. The zero-order valence-electron chi connectivity index (χ0n) is 14.8. The van der Waals surface area contributed by atoms with E-state index >= 15 is 0 Å². The maximum atomic E-state index is 9.65. The molecule has 0 saturated carbocycles. The van der Waals surface area contributed by atoms with E-state index in [1.807, 2.05) is 31.2 Å². The Kier molecular flexibility index (Phi) is 7.75. The number of aryl methyl sites for hydroxylation is 1. The fourth-order valence-corrected chi connectivity index (χ4v) is 3.17. The Bertz CT molecular complexity index is 712. The molecule has 0 unspecified atom stereocenters. The lowest BCUT2D eigenvalue weighted by molar-refractivity contribution is -0.122. The van der Waals surface area contributed by atoms with Gasteiger partial charge in [-0.25, -0.2) is 0 Å². The molecule has 2 aromatic rings. The topological polar surface area (TPSA) is 70.0 Å². The molecular weight excluding hydrogens is 354 g/mol. The van der Waals surface area contributed by atoms with Crippen molar-refractivity contribution in [1.82, 2.24) is 4.90 Å². The molecule has 3 rings (SSSR count). The molecule has 26 heavy (non-hydrogen) atoms. The van der Waals surface area contributed by atoms with Gasteiger partial charge in [-0.1, -0.05) is 23.7 Å². The van der Waals surface area contributed by atoms with Crippen LogP contribution in [0.3, 0.4) is 0 Å². The summed E-state index contributed by atoms with van der Waals surface area (Å²) in [6.07, 6.45) is 2.62. The van der Waals surface area contributed by atoms with Gasteiger partial charge in [-0.05, 0) is 73.8 Å². The Balaban J connectivity index is 0.000000758. The van der Waals surface area contributed by atoms with Crippen molar-refractivity contribution in [2.75, 3.05) is 26.2 Å². The molecule has 1 fully saturated rings. The van der Waals surface area contributed by atoms with Crippen LogP contribution in [0.5, 0.6) is 11.5 Å². The SMILES string of the molecule is Cc1cc(O)c(Cl)cc1-c1ccc(OCCN2CCCC2)cc1.O=CO. The van der Waals surface area contributed by atoms with Crippen LogP contribution < -0.4 is 4.74 Å². The molecule has 2 aromatic carbocycles. The molecule has 2 N–H and O–H groups in total. The number of ether oxygens (including phenoxy) is 1. The van der Waals surface area contributed by atoms with Gasteiger partial charge < -0.3 is 14.9 Å². The monoisotopic (exact) mass is 377 g/mol. The molecule has 1 saturated heterocycles. The molecule has 0 spiro atoms. The lowest BCUT2D eigenvalue weighted by atomic mass is 10.0. The van der Waals surface area contributed by atoms with Gasteiger partial charge in [0.2, 0.25) is 0 Å². The summed E-state index contributed by atoms with van der Waals surface area (Å²) >= 11 is 6.02. The third-order valence-electron chi connectivity index (χ3n) is 4.33. The van der Waals surface area contributed by atoms with Crippen molar-refractivity contribution >= 4 is 18.1 Å². The third kappa shape index (κ3) is 5.64. The molecule has 140 valence electrons. The number of rotatable bonds is 5. The minimum atomic E-state index is -0.250. The van der Waals surface area contributed by atoms with Gasteiger partial charge in [-0.2, -0.15) is 0 Å². The zero-order chi connectivity index (χ0) is 18.9. The summed E-state index contributed by atoms with van der Waals surface area (Å²) in [4.78, 5) is 10.8. The Morgan fingerprint density at radius 1 is 1.19 bits per heavy atom. The van der Waals surface area contributed by atoms with Crippen LogP contribution in [0.4, 0.5) is 0 Å². The van der Waals surface area contributed by atoms with Crippen LogP contribution in [0.2, 0.25) is 5.02 Å². The quantitative estimate of drug-likeness (QED) is 0.764. The lowest BCUT2D eigenvalue weighted by Gasteiger charge is -2.15. The lowest BCUT2D eigenvalue weighted by Crippen LogP contribution is -2.25. The van der Waals surface area contributed by atoms with Crippen molar-refractivity contribution in [2.45, 2.75) is 19.8 Å². The number of hydrogen-bond donors (Lipinski definition) is 2. The van der Waals surface area contributed by atoms with Crippen molar-refractivity contribution in [1.29, 1.82) is 0 Å². The van der Waals surface area contributed by atoms with E-state index in [1.54, 1.807) is 12.1 Å². The summed E-state index contributed by atoms with van der Waals surface area (Å²) in [6, 6.07) is 11.5. The second-order valence-electron chi connectivity index (χ2n) is 6.15. The van der Waals surface area contributed by atoms with E-state index in [2.05, 4.69) is 4.90 Å². The molecule has 1 heterocycles. The van der Waals surface area contributed by atoms with Crippen molar-refractivity contribution in [3.05, 3.63) is 47.0 Å². The van der Waals surface area contributed by atoms with Gasteiger partial charge in [0.15, 0.2) is 0 Å². The molecule has 0 amide bonds. The molecule has 0 aliphatic carbocycles. The van der Waals surface area contributed by atoms with Crippen LogP contribution in [0.1, 0.15) is 18.4 Å². The van der Waals surface area contributed by atoms with Crippen molar-refractivity contribution < 1.29 is 19.7 Å². The second kappa shape index (κ2) is 10.0. The van der Waals surface area contributed by atoms with Crippen molar-refractivity contribution in [3.8, 4) is 22.6 Å². The van der Waals surface area contributed by atoms with Crippen LogP contribution in [0, 0.1) is 6.92 Å². The Morgan fingerprint density at radius 2 is 1.81 bits per heavy atom. The van der Waals surface area contributed by atoms with Gasteiger partial charge in [-0.15, -0.1) is 0 Å². The Hall–Kier alpha value is -2.24. The van der Waals surface area contributed by atoms with E-state index in [0.29, 0.717) is 5.02 Å². The molecule has 0 atom stereocenters. The second-order valence-corrected chi connectivity index (χ2v) is 6.55. The van der Waals surface area contributed by atoms with Gasteiger partial charge in [0.05, 0.1) is 5.02 Å². The average Bonchev–Trinajstić information content (AvgIpc) is 3.13. The first-order valence-corrected chi connectivity index (χ1v) is 8.95. The van der Waals surface area contributed by atoms with E-state index in [0.717, 1.165) is 35.6 Å². The number of aromatic hydroxyl groups is 1. The summed E-state index contributed by atoms with van der Waals surface area (Å²) in [5.41, 5.74) is 3.09. The van der Waals surface area contributed by atoms with Gasteiger partial charge in [0.1, 0.15) is 18.1 Å². The highest BCUT2D eigenvalue weighted by molar-refractivity contribution is 6.32. The highest BCUT2D eigenvalue weighted by atomic mass is 35.5. The number of benzene rings is 2. The number of nitrogens with zero attached hydrogens (tertiary/aromatic N) is 1. The van der Waals surface area contributed by atoms with Crippen molar-refractivity contribution in [2.24, 2.45) is 0 Å². The smallest absolute Gasteiger partial charge is 0.290 e. The van der Waals surface area contributed by atoms with Crippen molar-refractivity contribution in [3.63, 3.8) is 0 Å². The van der Waals surface area contributed by atoms with E-state index in [1.165, 1.54) is 25.9 Å². The highest BCUT2D eigenvalue weighted by Gasteiger charge is 2.11. The largest absolute Gasteiger partial charge is 0.506 e. The van der Waals surface area contributed by atoms with E-state index in [-0.39, 0.29) is 12.2 Å². The first-order chi connectivity index (χ1) is 12.5. The fraction of sp³-hybridized carbons (Fsp3) is 0.350. The molecule has 0 bridgehead atoms. The maximum absolute atomic E-state index is 9.65. The standard InChI is InChI=1S/C19H22ClNO2.CH2O2/c1-14-12-19(22)18(20)13-17(14)15-4-6-16(7-5-15)23-11-10-21-8-2-3-9-21;2-1-3/h4-7,12-13,22H,2-3,8-11H2,1H3;1H,(H,2,3). The molecule has 0 radical (unpaired) electrons. The van der Waals surface area contributed by atoms with E-state index in [4.69, 9.17) is 26.2 Å². The van der Waals surface area contributed by atoms with Crippen LogP contribution in [-0.2, 0) is 4.79 Å². The molecule has 6 heteroatoms. The molecular formula is C20H24ClNO4. The van der Waals surface area contributed by atoms with Gasteiger partial charge >= 0.3 is 0 Å². The number of phenols is 1. The predicted octanol–water partition coefficient (Wildman–Crippen LogP) is 4.20. The normalized spacial score (nSPS) is 13.8. The van der Waals surface area contributed by atoms with Gasteiger partial charge in [-0.3, -0.25) is 9.69 Å². The van der Waals surface area contributed by atoms with Gasteiger partial charge in [0.25, 0.3) is 6.47 Å². The number of carboxylic acid groups (broad SMARTS) is 1. The van der Waals surface area contributed by atoms with Crippen LogP contribution in [0.25, 0.3) is 11.1 Å². The predicted molar refractivity (Wildman–Crippen MR) is 103 cm³/mol. The highest BCUT2D eigenvalue weighted by Crippen LogP contribution is 2.33. The number of halogens is 1. The summed E-state index contributed by atoms with van der Waals surface area (Å²) < 4.78 is 5.82. The summed E-state index contributed by atoms with van der Waals surface area (Å²) in [7, 11) is 0. The first kappa shape index (κ1) is 20.1. The molecule has 1 aliphatic rings. The number of carbonyl (C=O) groups is 1. The number of phenolic OH excluding ortho intramolecular Hbond substituents is 1. The minimum absolute atomic E-state index is 0.120. The third-order valence-corrected chi connectivity index (χ3v) is 4.64. The molecule has 1 aliphatic heterocycles. The zero-order valence-corrected chi connectivity index (χ0v) is 15.6. The Morgan fingerprint density at radius 3 is 2.42 bits per heavy atom. The first-order valence-electron chi connectivity index (χ1n) is 8.57. The summed E-state index contributed by atoms with van der Waals surface area (Å²) in [5, 5.41) is 16.9. The fourth-order valence-electron chi connectivity index (χ4n) is 3.01. The maximum Gasteiger partial charge on any atom is 0.290 e. The molecule has 0 aromatic heterocycles. The summed E-state index contributed by atoms with van der Waals surface area (Å²) in [6.45, 7) is 5.83. The average molecular weight is 378 g/mol. The number of hydrogen-bond acceptors (Lipinski definition) is 4. The Labute approximate surface area is 158 Å². The van der Waals surface area contributed by atoms with Crippen LogP contribution in [-0.4, -0.2) is 47.8 Å².